The van der Waals surface area contributed by atoms with Crippen LogP contribution in [0.1, 0.15) is 61.0 Å². The van der Waals surface area contributed by atoms with Crippen LogP contribution in [0, 0.1) is 37.4 Å². The first kappa shape index (κ1) is 25.0. The van der Waals surface area contributed by atoms with Crippen molar-refractivity contribution in [2.24, 2.45) is 17.8 Å². The van der Waals surface area contributed by atoms with Gasteiger partial charge in [-0.1, -0.05) is 24.3 Å². The van der Waals surface area contributed by atoms with Crippen molar-refractivity contribution in [1.82, 2.24) is 9.88 Å². The van der Waals surface area contributed by atoms with E-state index in [0.717, 1.165) is 28.3 Å². The Morgan fingerprint density at radius 2 is 1.52 bits per heavy atom. The summed E-state index contributed by atoms with van der Waals surface area (Å²) in [6.45, 7) is 3.65. The van der Waals surface area contributed by atoms with E-state index < -0.39 is 17.8 Å². The highest BCUT2D eigenvalue weighted by molar-refractivity contribution is 6.39. The highest BCUT2D eigenvalue weighted by atomic mass is 19.1. The first-order valence-corrected chi connectivity index (χ1v) is 14.2. The summed E-state index contributed by atoms with van der Waals surface area (Å²) < 4.78 is 16.3. The van der Waals surface area contributed by atoms with Crippen LogP contribution in [-0.2, 0) is 15.0 Å². The Labute approximate surface area is 232 Å². The second-order valence-corrected chi connectivity index (χ2v) is 12.3. The number of carbonyl (C=O) groups excluding carboxylic acids is 3. The average molecular weight is 538 g/mol. The van der Waals surface area contributed by atoms with Crippen molar-refractivity contribution in [3.8, 4) is 5.69 Å². The molecule has 0 radical (unpaired) electrons. The zero-order valence-electron chi connectivity index (χ0n) is 22.7. The van der Waals surface area contributed by atoms with Crippen LogP contribution in [0.5, 0.6) is 0 Å². The van der Waals surface area contributed by atoms with Crippen molar-refractivity contribution in [2.75, 3.05) is 4.90 Å². The van der Waals surface area contributed by atoms with E-state index in [-0.39, 0.29) is 16.8 Å². The van der Waals surface area contributed by atoms with Gasteiger partial charge in [0.1, 0.15) is 11.4 Å². The molecule has 1 saturated heterocycles. The van der Waals surface area contributed by atoms with Crippen LogP contribution in [-0.4, -0.2) is 22.4 Å². The second kappa shape index (κ2) is 9.01. The Morgan fingerprint density at radius 1 is 0.900 bits per heavy atom. The van der Waals surface area contributed by atoms with Crippen LogP contribution in [0.15, 0.2) is 60.2 Å². The fourth-order valence-electron chi connectivity index (χ4n) is 8.41. The molecule has 0 unspecified atom stereocenters. The summed E-state index contributed by atoms with van der Waals surface area (Å²) in [5.74, 6) is 0.668. The largest absolute Gasteiger partial charge is 0.335 e. The van der Waals surface area contributed by atoms with Gasteiger partial charge in [0, 0.05) is 11.4 Å². The van der Waals surface area contributed by atoms with Crippen LogP contribution in [0.2, 0.25) is 0 Å². The number of amides is 4. The monoisotopic (exact) mass is 537 g/mol. The molecule has 204 valence electrons. The summed E-state index contributed by atoms with van der Waals surface area (Å²) in [4.78, 5) is 40.3. The van der Waals surface area contributed by atoms with E-state index in [1.807, 2.05) is 26.0 Å². The summed E-state index contributed by atoms with van der Waals surface area (Å²) >= 11 is 0. The number of nitrogens with one attached hydrogen (secondary N) is 1. The highest BCUT2D eigenvalue weighted by Crippen LogP contribution is 2.60. The topological polar surface area (TPSA) is 71.4 Å². The molecule has 4 amide bonds. The summed E-state index contributed by atoms with van der Waals surface area (Å²) in [5.41, 5.74) is 4.23. The van der Waals surface area contributed by atoms with Gasteiger partial charge in [-0.3, -0.25) is 14.9 Å². The van der Waals surface area contributed by atoms with Gasteiger partial charge in [0.25, 0.3) is 11.8 Å². The SMILES string of the molecule is Cc1cc(/C=C2\C(=O)NC(=O)N(c3ccc(C45CC6CC(CC(C6)C4)C5)cc3)C2=O)c(C)n1-c1ccccc1F. The fraction of sp³-hybridized carbons (Fsp3) is 0.364. The van der Waals surface area contributed by atoms with E-state index in [1.54, 1.807) is 28.8 Å². The minimum Gasteiger partial charge on any atom is -0.315 e. The maximum Gasteiger partial charge on any atom is 0.335 e. The lowest BCUT2D eigenvalue weighted by Gasteiger charge is -2.57. The van der Waals surface area contributed by atoms with Crippen molar-refractivity contribution >= 4 is 29.6 Å². The lowest BCUT2D eigenvalue weighted by Crippen LogP contribution is -2.54. The number of aromatic nitrogens is 1. The van der Waals surface area contributed by atoms with E-state index >= 15 is 0 Å². The minimum absolute atomic E-state index is 0.140. The molecule has 0 spiro atoms. The number of anilines is 1. The first-order chi connectivity index (χ1) is 19.2. The molecule has 40 heavy (non-hydrogen) atoms. The molecule has 7 heteroatoms. The van der Waals surface area contributed by atoms with Crippen molar-refractivity contribution in [3.05, 3.63) is 88.5 Å². The van der Waals surface area contributed by atoms with Crippen LogP contribution in [0.3, 0.4) is 0 Å². The minimum atomic E-state index is -0.758. The normalized spacial score (nSPS) is 28.5. The van der Waals surface area contributed by atoms with Crippen molar-refractivity contribution in [1.29, 1.82) is 0 Å². The molecule has 8 rings (SSSR count). The molecule has 3 aromatic rings. The predicted molar refractivity (Wildman–Crippen MR) is 150 cm³/mol. The maximum absolute atomic E-state index is 14.5. The average Bonchev–Trinajstić information content (AvgIpc) is 3.18. The van der Waals surface area contributed by atoms with E-state index in [1.165, 1.54) is 56.2 Å². The van der Waals surface area contributed by atoms with E-state index in [2.05, 4.69) is 17.4 Å². The first-order valence-electron chi connectivity index (χ1n) is 14.2. The number of hydrogen-bond donors (Lipinski definition) is 1. The lowest BCUT2D eigenvalue weighted by atomic mass is 9.48. The Kier molecular flexibility index (Phi) is 5.63. The van der Waals surface area contributed by atoms with Gasteiger partial charge in [-0.15, -0.1) is 0 Å². The number of para-hydroxylation sites is 1. The number of nitrogens with zero attached hydrogens (tertiary/aromatic N) is 2. The number of carbonyl (C=O) groups is 3. The standard InChI is InChI=1S/C33H32FN3O3/c1-19-11-24(20(2)36(19)29-6-4-3-5-28(29)34)15-27-30(38)35-32(40)37(31(27)39)26-9-7-25(8-10-26)33-16-21-12-22(17-33)14-23(13-21)18-33/h3-11,15,21-23H,12-14,16-18H2,1-2H3,(H,35,38,40)/b27-15+. The molecular weight excluding hydrogens is 505 g/mol. The number of imide groups is 2. The number of rotatable bonds is 4. The molecule has 1 aromatic heterocycles. The number of aryl methyl sites for hydroxylation is 1. The molecule has 5 aliphatic rings. The lowest BCUT2D eigenvalue weighted by molar-refractivity contribution is -0.122. The third-order valence-corrected chi connectivity index (χ3v) is 9.74. The van der Waals surface area contributed by atoms with Gasteiger partial charge < -0.3 is 4.57 Å². The molecule has 0 atom stereocenters. The zero-order chi connectivity index (χ0) is 27.8. The summed E-state index contributed by atoms with van der Waals surface area (Å²) in [6, 6.07) is 15.3. The molecule has 2 heterocycles. The van der Waals surface area contributed by atoms with Gasteiger partial charge in [0.15, 0.2) is 0 Å². The van der Waals surface area contributed by atoms with E-state index in [0.29, 0.717) is 22.6 Å². The number of benzene rings is 2. The number of hydrogen-bond acceptors (Lipinski definition) is 3. The number of halogens is 1. The maximum atomic E-state index is 14.5. The van der Waals surface area contributed by atoms with Crippen molar-refractivity contribution in [3.63, 3.8) is 0 Å². The fourth-order valence-corrected chi connectivity index (χ4v) is 8.41. The van der Waals surface area contributed by atoms with Gasteiger partial charge >= 0.3 is 6.03 Å². The van der Waals surface area contributed by atoms with Gasteiger partial charge in [-0.25, -0.2) is 14.1 Å². The number of urea groups is 1. The Bertz CT molecular complexity index is 1560. The number of barbiturate groups is 1. The van der Waals surface area contributed by atoms with Gasteiger partial charge in [0.2, 0.25) is 0 Å². The van der Waals surface area contributed by atoms with Gasteiger partial charge in [-0.2, -0.15) is 0 Å². The quantitative estimate of drug-likeness (QED) is 0.311. The van der Waals surface area contributed by atoms with Gasteiger partial charge in [-0.05, 0) is 123 Å². The molecule has 4 saturated carbocycles. The molecule has 1 aliphatic heterocycles. The molecule has 4 aliphatic carbocycles. The third-order valence-electron chi connectivity index (χ3n) is 9.74. The second-order valence-electron chi connectivity index (χ2n) is 12.3. The molecule has 4 bridgehead atoms. The molecular formula is C33H32FN3O3. The summed E-state index contributed by atoms with van der Waals surface area (Å²) in [6.07, 6.45) is 9.28. The highest BCUT2D eigenvalue weighted by Gasteiger charge is 2.51. The Morgan fingerprint density at radius 3 is 2.15 bits per heavy atom. The van der Waals surface area contributed by atoms with E-state index in [4.69, 9.17) is 0 Å². The van der Waals surface area contributed by atoms with Crippen LogP contribution < -0.4 is 10.2 Å². The molecule has 2 aromatic carbocycles. The van der Waals surface area contributed by atoms with Crippen LogP contribution in [0.4, 0.5) is 14.9 Å². The third kappa shape index (κ3) is 3.86. The summed E-state index contributed by atoms with van der Waals surface area (Å²) in [5, 5.41) is 2.33. The predicted octanol–water partition coefficient (Wildman–Crippen LogP) is 6.37. The van der Waals surface area contributed by atoms with E-state index in [9.17, 15) is 18.8 Å². The smallest absolute Gasteiger partial charge is 0.315 e. The van der Waals surface area contributed by atoms with Crippen molar-refractivity contribution < 1.29 is 18.8 Å². The van der Waals surface area contributed by atoms with Crippen LogP contribution >= 0.6 is 0 Å². The molecule has 5 fully saturated rings. The Balaban J connectivity index is 1.20. The summed E-state index contributed by atoms with van der Waals surface area (Å²) in [7, 11) is 0. The van der Waals surface area contributed by atoms with Crippen LogP contribution in [0.25, 0.3) is 11.8 Å². The molecule has 1 N–H and O–H groups in total. The van der Waals surface area contributed by atoms with Crippen molar-refractivity contribution in [2.45, 2.75) is 57.8 Å². The molecule has 6 nitrogen and oxygen atoms in total. The zero-order valence-corrected chi connectivity index (χ0v) is 22.7. The van der Waals surface area contributed by atoms with Gasteiger partial charge in [0.05, 0.1) is 11.4 Å². The Hall–Kier alpha value is -4.00.